The van der Waals surface area contributed by atoms with Gasteiger partial charge in [0, 0.05) is 28.9 Å². The lowest BCUT2D eigenvalue weighted by Gasteiger charge is -2.14. The maximum Gasteiger partial charge on any atom is 0.253 e. The first-order valence-corrected chi connectivity index (χ1v) is 8.94. The molecule has 0 aliphatic heterocycles. The van der Waals surface area contributed by atoms with Crippen molar-refractivity contribution in [3.63, 3.8) is 0 Å². The highest BCUT2D eigenvalue weighted by Gasteiger charge is 2.11. The van der Waals surface area contributed by atoms with E-state index in [2.05, 4.69) is 22.4 Å². The van der Waals surface area contributed by atoms with Gasteiger partial charge in [0.2, 0.25) is 0 Å². The van der Waals surface area contributed by atoms with Crippen LogP contribution >= 0.6 is 11.3 Å². The van der Waals surface area contributed by atoms with E-state index in [1.54, 1.807) is 23.7 Å². The van der Waals surface area contributed by atoms with Gasteiger partial charge < -0.3 is 5.32 Å². The number of hydrogen-bond acceptors (Lipinski definition) is 3. The summed E-state index contributed by atoms with van der Waals surface area (Å²) in [4.78, 5) is 17.8. The van der Waals surface area contributed by atoms with E-state index in [0.717, 1.165) is 23.3 Å². The maximum atomic E-state index is 12.4. The van der Waals surface area contributed by atoms with E-state index in [4.69, 9.17) is 0 Å². The van der Waals surface area contributed by atoms with Gasteiger partial charge in [0.1, 0.15) is 0 Å². The highest BCUT2D eigenvalue weighted by Crippen LogP contribution is 2.24. The van der Waals surface area contributed by atoms with Gasteiger partial charge in [-0.15, -0.1) is 11.3 Å². The van der Waals surface area contributed by atoms with Crippen LogP contribution in [0.3, 0.4) is 0 Å². The van der Waals surface area contributed by atoms with Crippen molar-refractivity contribution < 1.29 is 4.79 Å². The van der Waals surface area contributed by atoms with Gasteiger partial charge in [-0.1, -0.05) is 36.4 Å². The summed E-state index contributed by atoms with van der Waals surface area (Å²) in [6, 6.07) is 16.4. The van der Waals surface area contributed by atoms with E-state index >= 15 is 0 Å². The predicted octanol–water partition coefficient (Wildman–Crippen LogP) is 4.56. The van der Waals surface area contributed by atoms with E-state index < -0.39 is 0 Å². The summed E-state index contributed by atoms with van der Waals surface area (Å²) in [5.74, 6) is -0.0681. The van der Waals surface area contributed by atoms with Gasteiger partial charge >= 0.3 is 0 Å². The topological polar surface area (TPSA) is 42.0 Å². The third kappa shape index (κ3) is 4.30. The summed E-state index contributed by atoms with van der Waals surface area (Å²) in [7, 11) is 0. The predicted molar refractivity (Wildman–Crippen MR) is 99.2 cm³/mol. The molecule has 2 aromatic heterocycles. The molecule has 3 aromatic rings. The van der Waals surface area contributed by atoms with Gasteiger partial charge in [0.15, 0.2) is 0 Å². The molecule has 0 aliphatic rings. The van der Waals surface area contributed by atoms with Crippen molar-refractivity contribution in [1.29, 1.82) is 0 Å². The summed E-state index contributed by atoms with van der Waals surface area (Å²) in [5, 5.41) is 5.08. The van der Waals surface area contributed by atoms with Crippen LogP contribution in [0.15, 0.2) is 66.3 Å². The molecule has 1 N–H and O–H groups in total. The molecule has 4 heteroatoms. The lowest BCUT2D eigenvalue weighted by atomic mass is 10.1. The Bertz CT molecular complexity index is 784. The van der Waals surface area contributed by atoms with E-state index in [1.165, 1.54) is 5.56 Å². The Morgan fingerprint density at radius 2 is 2.00 bits per heavy atom. The zero-order chi connectivity index (χ0) is 16.8. The van der Waals surface area contributed by atoms with Crippen molar-refractivity contribution in [3.05, 3.63) is 77.4 Å². The van der Waals surface area contributed by atoms with Crippen LogP contribution in [-0.4, -0.2) is 16.9 Å². The molecule has 1 unspecified atom stereocenters. The number of aryl methyl sites for hydroxylation is 1. The average Bonchev–Trinajstić information content (AvgIpc) is 3.16. The van der Waals surface area contributed by atoms with Gasteiger partial charge in [-0.05, 0) is 42.8 Å². The fourth-order valence-corrected chi connectivity index (χ4v) is 3.26. The summed E-state index contributed by atoms with van der Waals surface area (Å²) >= 11 is 1.64. The van der Waals surface area contributed by atoms with E-state index in [9.17, 15) is 4.79 Å². The molecule has 122 valence electrons. The van der Waals surface area contributed by atoms with Crippen molar-refractivity contribution in [2.24, 2.45) is 0 Å². The number of nitrogens with zero attached hydrogens (tertiary/aromatic N) is 1. The molecule has 0 bridgehead atoms. The fourth-order valence-electron chi connectivity index (χ4n) is 2.55. The smallest absolute Gasteiger partial charge is 0.253 e. The summed E-state index contributed by atoms with van der Waals surface area (Å²) in [5.41, 5.74) is 2.88. The Hall–Kier alpha value is -2.46. The SMILES string of the molecule is CC(CCc1ccccc1)NC(=O)c1cncc(-c2cccs2)c1. The number of carbonyl (C=O) groups is 1. The number of hydrogen-bond donors (Lipinski definition) is 1. The molecular formula is C20H20N2OS. The third-order valence-electron chi connectivity index (χ3n) is 3.89. The van der Waals surface area contributed by atoms with Crippen molar-refractivity contribution in [2.45, 2.75) is 25.8 Å². The minimum atomic E-state index is -0.0681. The lowest BCUT2D eigenvalue weighted by molar-refractivity contribution is 0.0938. The lowest BCUT2D eigenvalue weighted by Crippen LogP contribution is -2.33. The largest absolute Gasteiger partial charge is 0.350 e. The minimum absolute atomic E-state index is 0.0681. The minimum Gasteiger partial charge on any atom is -0.350 e. The monoisotopic (exact) mass is 336 g/mol. The Morgan fingerprint density at radius 3 is 2.75 bits per heavy atom. The van der Waals surface area contributed by atoms with Crippen LogP contribution in [0.1, 0.15) is 29.3 Å². The molecule has 1 amide bonds. The Labute approximate surface area is 146 Å². The number of benzene rings is 1. The van der Waals surface area contributed by atoms with E-state index in [-0.39, 0.29) is 11.9 Å². The van der Waals surface area contributed by atoms with Crippen LogP contribution in [0.25, 0.3) is 10.4 Å². The number of rotatable bonds is 6. The first-order chi connectivity index (χ1) is 11.7. The highest BCUT2D eigenvalue weighted by atomic mass is 32.1. The fraction of sp³-hybridized carbons (Fsp3) is 0.200. The second-order valence-electron chi connectivity index (χ2n) is 5.84. The summed E-state index contributed by atoms with van der Waals surface area (Å²) < 4.78 is 0. The molecular weight excluding hydrogens is 316 g/mol. The van der Waals surface area contributed by atoms with Crippen molar-refractivity contribution in [1.82, 2.24) is 10.3 Å². The number of aromatic nitrogens is 1. The quantitative estimate of drug-likeness (QED) is 0.717. The van der Waals surface area contributed by atoms with Gasteiger partial charge in [0.05, 0.1) is 5.56 Å². The zero-order valence-electron chi connectivity index (χ0n) is 13.6. The Morgan fingerprint density at radius 1 is 1.17 bits per heavy atom. The van der Waals surface area contributed by atoms with E-state index in [1.807, 2.05) is 48.7 Å². The van der Waals surface area contributed by atoms with Gasteiger partial charge in [-0.2, -0.15) is 0 Å². The molecule has 24 heavy (non-hydrogen) atoms. The normalized spacial score (nSPS) is 11.9. The average molecular weight is 336 g/mol. The van der Waals surface area contributed by atoms with E-state index in [0.29, 0.717) is 5.56 Å². The molecule has 3 nitrogen and oxygen atoms in total. The molecule has 0 spiro atoms. The van der Waals surface area contributed by atoms with Crippen LogP contribution in [0.4, 0.5) is 0 Å². The molecule has 3 rings (SSSR count). The van der Waals surface area contributed by atoms with Crippen LogP contribution in [0.2, 0.25) is 0 Å². The van der Waals surface area contributed by atoms with Crippen LogP contribution < -0.4 is 5.32 Å². The Kier molecular flexibility index (Phi) is 5.39. The number of thiophene rings is 1. The molecule has 2 heterocycles. The standard InChI is InChI=1S/C20H20N2OS/c1-15(9-10-16-6-3-2-4-7-16)22-20(23)18-12-17(13-21-14-18)19-8-5-11-24-19/h2-8,11-15H,9-10H2,1H3,(H,22,23). The van der Waals surface area contributed by atoms with Gasteiger partial charge in [-0.3, -0.25) is 9.78 Å². The molecule has 0 aliphatic carbocycles. The molecule has 0 fully saturated rings. The molecule has 1 aromatic carbocycles. The molecule has 0 saturated carbocycles. The number of amides is 1. The number of pyridine rings is 1. The van der Waals surface area contributed by atoms with Crippen molar-refractivity contribution in [2.75, 3.05) is 0 Å². The van der Waals surface area contributed by atoms with Crippen molar-refractivity contribution in [3.8, 4) is 10.4 Å². The maximum absolute atomic E-state index is 12.4. The summed E-state index contributed by atoms with van der Waals surface area (Å²) in [6.07, 6.45) is 5.28. The molecule has 1 atom stereocenters. The van der Waals surface area contributed by atoms with Crippen LogP contribution in [0.5, 0.6) is 0 Å². The zero-order valence-corrected chi connectivity index (χ0v) is 14.4. The van der Waals surface area contributed by atoms with Gasteiger partial charge in [-0.25, -0.2) is 0 Å². The van der Waals surface area contributed by atoms with Crippen molar-refractivity contribution >= 4 is 17.2 Å². The number of nitrogens with one attached hydrogen (secondary N) is 1. The van der Waals surface area contributed by atoms with Crippen LogP contribution in [0, 0.1) is 0 Å². The third-order valence-corrected chi connectivity index (χ3v) is 4.81. The molecule has 0 radical (unpaired) electrons. The Balaban J connectivity index is 1.59. The van der Waals surface area contributed by atoms with Gasteiger partial charge in [0.25, 0.3) is 5.91 Å². The second kappa shape index (κ2) is 7.88. The number of carbonyl (C=O) groups excluding carboxylic acids is 1. The highest BCUT2D eigenvalue weighted by molar-refractivity contribution is 7.13. The van der Waals surface area contributed by atoms with Crippen LogP contribution in [-0.2, 0) is 6.42 Å². The summed E-state index contributed by atoms with van der Waals surface area (Å²) in [6.45, 7) is 2.04. The first-order valence-electron chi connectivity index (χ1n) is 8.06. The first kappa shape index (κ1) is 16.4. The molecule has 0 saturated heterocycles. The second-order valence-corrected chi connectivity index (χ2v) is 6.79.